The van der Waals surface area contributed by atoms with Crippen molar-refractivity contribution >= 4 is 28.2 Å². The molecule has 0 bridgehead atoms. The highest BCUT2D eigenvalue weighted by molar-refractivity contribution is 5.82. The van der Waals surface area contributed by atoms with E-state index < -0.39 is 0 Å². The molecule has 9 heteroatoms. The molecule has 0 saturated heterocycles. The van der Waals surface area contributed by atoms with Crippen molar-refractivity contribution in [1.29, 1.82) is 0 Å². The Kier molecular flexibility index (Phi) is 5.39. The highest BCUT2D eigenvalue weighted by Gasteiger charge is 2.31. The van der Waals surface area contributed by atoms with Gasteiger partial charge < -0.3 is 10.3 Å². The molecule has 0 fully saturated rings. The predicted molar refractivity (Wildman–Crippen MR) is 127 cm³/mol. The molecule has 1 N–H and O–H groups in total. The Bertz CT molecular complexity index is 1320. The summed E-state index contributed by atoms with van der Waals surface area (Å²) in [5.41, 5.74) is 5.87. The van der Waals surface area contributed by atoms with Gasteiger partial charge in [0, 0.05) is 55.6 Å². The van der Waals surface area contributed by atoms with Crippen LogP contribution in [0.3, 0.4) is 0 Å². The van der Waals surface area contributed by atoms with Gasteiger partial charge in [-0.2, -0.15) is 5.10 Å². The molecule has 1 unspecified atom stereocenters. The number of nitrogens with zero attached hydrogens (tertiary/aromatic N) is 8. The first-order valence-corrected chi connectivity index (χ1v) is 10.8. The first-order chi connectivity index (χ1) is 16.0. The van der Waals surface area contributed by atoms with Crippen LogP contribution in [0.4, 0.5) is 11.6 Å². The lowest BCUT2D eigenvalue weighted by atomic mass is 9.97. The van der Waals surface area contributed by atoms with Crippen molar-refractivity contribution in [2.75, 3.05) is 19.4 Å². The number of likely N-dealkylation sites (N-methyl/N-ethyl adjacent to an activating group) is 1. The molecule has 166 valence electrons. The third kappa shape index (κ3) is 4.10. The number of rotatable bonds is 5. The molecular weight excluding hydrogens is 414 g/mol. The van der Waals surface area contributed by atoms with Crippen molar-refractivity contribution in [2.24, 2.45) is 0 Å². The van der Waals surface area contributed by atoms with E-state index in [1.807, 2.05) is 50.9 Å². The molecule has 0 amide bonds. The van der Waals surface area contributed by atoms with Crippen molar-refractivity contribution in [1.82, 2.24) is 40.2 Å². The Morgan fingerprint density at radius 1 is 0.939 bits per heavy atom. The van der Waals surface area contributed by atoms with E-state index in [4.69, 9.17) is 4.98 Å². The first kappa shape index (κ1) is 20.9. The zero-order valence-electron chi connectivity index (χ0n) is 19.0. The second-order valence-electron chi connectivity index (χ2n) is 8.42. The zero-order chi connectivity index (χ0) is 22.9. The molecule has 5 heterocycles. The number of hydrazine groups is 1. The average Bonchev–Trinajstić information content (AvgIpc) is 3.13. The molecule has 0 spiro atoms. The summed E-state index contributed by atoms with van der Waals surface area (Å²) in [4.78, 5) is 17.9. The van der Waals surface area contributed by atoms with Crippen LogP contribution in [-0.2, 0) is 0 Å². The number of nitrogens with one attached hydrogen (secondary N) is 1. The number of hydrogen-bond donors (Lipinski definition) is 1. The number of anilines is 2. The van der Waals surface area contributed by atoms with Gasteiger partial charge in [-0.1, -0.05) is 13.8 Å². The van der Waals surface area contributed by atoms with Crippen molar-refractivity contribution in [3.05, 3.63) is 78.3 Å². The number of aromatic nitrogens is 6. The average molecular weight is 440 g/mol. The Morgan fingerprint density at radius 3 is 2.55 bits per heavy atom. The lowest BCUT2D eigenvalue weighted by Gasteiger charge is -2.27. The van der Waals surface area contributed by atoms with Crippen LogP contribution in [0.2, 0.25) is 0 Å². The second-order valence-corrected chi connectivity index (χ2v) is 8.42. The van der Waals surface area contributed by atoms with E-state index in [0.717, 1.165) is 33.3 Å². The molecule has 0 aliphatic carbocycles. The van der Waals surface area contributed by atoms with Gasteiger partial charge in [0.15, 0.2) is 5.82 Å². The van der Waals surface area contributed by atoms with Gasteiger partial charge in [0.2, 0.25) is 0 Å². The van der Waals surface area contributed by atoms with Gasteiger partial charge >= 0.3 is 0 Å². The maximum Gasteiger partial charge on any atom is 0.154 e. The molecule has 9 nitrogen and oxygen atoms in total. The van der Waals surface area contributed by atoms with Crippen molar-refractivity contribution in [3.8, 4) is 0 Å². The van der Waals surface area contributed by atoms with Gasteiger partial charge in [-0.05, 0) is 35.7 Å². The van der Waals surface area contributed by atoms with Crippen molar-refractivity contribution < 1.29 is 0 Å². The summed E-state index contributed by atoms with van der Waals surface area (Å²) in [5, 5.41) is 15.8. The maximum atomic E-state index is 4.79. The van der Waals surface area contributed by atoms with E-state index in [1.165, 1.54) is 0 Å². The van der Waals surface area contributed by atoms with E-state index in [2.05, 4.69) is 66.6 Å². The highest BCUT2D eigenvalue weighted by Crippen LogP contribution is 2.39. The Hall–Kier alpha value is -3.98. The number of fused-ring (bicyclic) bond motifs is 1. The van der Waals surface area contributed by atoms with Crippen LogP contribution in [0.15, 0.2) is 61.6 Å². The first-order valence-electron chi connectivity index (χ1n) is 10.8. The SMILES string of the molecule is CC(C)c1cnnc(Nc2ccc3ncc(C4=CN(C)N(C)C4c4cncnc4)cc3n2)c1. The van der Waals surface area contributed by atoms with E-state index in [9.17, 15) is 0 Å². The van der Waals surface area contributed by atoms with Gasteiger partial charge in [0.1, 0.15) is 12.1 Å². The van der Waals surface area contributed by atoms with Gasteiger partial charge in [-0.25, -0.2) is 20.0 Å². The van der Waals surface area contributed by atoms with Crippen LogP contribution in [0.25, 0.3) is 16.6 Å². The lowest BCUT2D eigenvalue weighted by Crippen LogP contribution is -2.30. The summed E-state index contributed by atoms with van der Waals surface area (Å²) in [7, 11) is 4.06. The Morgan fingerprint density at radius 2 is 1.76 bits per heavy atom. The molecular formula is C24H25N9. The molecule has 1 aliphatic heterocycles. The maximum absolute atomic E-state index is 4.79. The molecule has 0 radical (unpaired) electrons. The second kappa shape index (κ2) is 8.51. The van der Waals surface area contributed by atoms with Crippen LogP contribution in [0.1, 0.15) is 42.5 Å². The molecule has 5 rings (SSSR count). The minimum absolute atomic E-state index is 0.00851. The van der Waals surface area contributed by atoms with Crippen LogP contribution >= 0.6 is 0 Å². The van der Waals surface area contributed by atoms with Crippen LogP contribution in [-0.4, -0.2) is 54.2 Å². The zero-order valence-corrected chi connectivity index (χ0v) is 19.0. The third-order valence-corrected chi connectivity index (χ3v) is 5.86. The molecule has 0 aromatic carbocycles. The lowest BCUT2D eigenvalue weighted by molar-refractivity contribution is 0.0750. The van der Waals surface area contributed by atoms with Gasteiger partial charge in [-0.3, -0.25) is 4.98 Å². The van der Waals surface area contributed by atoms with Crippen molar-refractivity contribution in [3.63, 3.8) is 0 Å². The monoisotopic (exact) mass is 439 g/mol. The fourth-order valence-corrected chi connectivity index (χ4v) is 3.95. The molecule has 1 atom stereocenters. The van der Waals surface area contributed by atoms with Gasteiger partial charge in [0.05, 0.1) is 23.3 Å². The quantitative estimate of drug-likeness (QED) is 0.496. The summed E-state index contributed by atoms with van der Waals surface area (Å²) < 4.78 is 0. The van der Waals surface area contributed by atoms with Crippen molar-refractivity contribution in [2.45, 2.75) is 25.8 Å². The summed E-state index contributed by atoms with van der Waals surface area (Å²) >= 11 is 0. The number of pyridine rings is 2. The van der Waals surface area contributed by atoms with E-state index in [1.54, 1.807) is 12.5 Å². The highest BCUT2D eigenvalue weighted by atomic mass is 15.6. The van der Waals surface area contributed by atoms with E-state index in [-0.39, 0.29) is 6.04 Å². The summed E-state index contributed by atoms with van der Waals surface area (Å²) in [6.45, 7) is 4.26. The number of hydrogen-bond acceptors (Lipinski definition) is 9. The Balaban J connectivity index is 1.49. The minimum atomic E-state index is -0.00851. The summed E-state index contributed by atoms with van der Waals surface area (Å²) in [6, 6.07) is 7.92. The minimum Gasteiger partial charge on any atom is -0.323 e. The molecule has 0 saturated carbocycles. The van der Waals surface area contributed by atoms with Gasteiger partial charge in [0.25, 0.3) is 0 Å². The third-order valence-electron chi connectivity index (χ3n) is 5.86. The van der Waals surface area contributed by atoms with Crippen LogP contribution < -0.4 is 5.32 Å². The standard InChI is InChI=1S/C24H25N9/c1-15(2)16-8-23(31-28-12-16)30-22-6-5-20-21(29-22)7-17(11-27-20)19-13-32(3)33(4)24(19)18-9-25-14-26-10-18/h5-15,24H,1-4H3,(H,29,30,31). The van der Waals surface area contributed by atoms with E-state index >= 15 is 0 Å². The predicted octanol–water partition coefficient (Wildman–Crippen LogP) is 3.95. The molecule has 4 aromatic heterocycles. The van der Waals surface area contributed by atoms with Crippen LogP contribution in [0.5, 0.6) is 0 Å². The van der Waals surface area contributed by atoms with Gasteiger partial charge in [-0.15, -0.1) is 5.10 Å². The topological polar surface area (TPSA) is 95.9 Å². The van der Waals surface area contributed by atoms with Crippen LogP contribution in [0, 0.1) is 0 Å². The largest absolute Gasteiger partial charge is 0.323 e. The Labute approximate surface area is 192 Å². The van der Waals surface area contributed by atoms with E-state index in [0.29, 0.717) is 17.6 Å². The summed E-state index contributed by atoms with van der Waals surface area (Å²) in [6.07, 6.45) is 11.0. The smallest absolute Gasteiger partial charge is 0.154 e. The normalized spacial score (nSPS) is 16.5. The molecule has 33 heavy (non-hydrogen) atoms. The molecule has 1 aliphatic rings. The molecule has 4 aromatic rings. The summed E-state index contributed by atoms with van der Waals surface area (Å²) in [5.74, 6) is 1.73. The fraction of sp³-hybridized carbons (Fsp3) is 0.250. The fourth-order valence-electron chi connectivity index (χ4n) is 3.95.